The monoisotopic (exact) mass is 260 g/mol. The maximum Gasteiger partial charge on any atom is 0.336 e. The van der Waals surface area contributed by atoms with E-state index in [0.29, 0.717) is 0 Å². The first kappa shape index (κ1) is 16.3. The number of hydrogen-bond acceptors (Lipinski definition) is 4. The van der Waals surface area contributed by atoms with Gasteiger partial charge < -0.3 is 14.3 Å². The lowest BCUT2D eigenvalue weighted by molar-refractivity contribution is -0.153. The van der Waals surface area contributed by atoms with Crippen molar-refractivity contribution >= 4 is 14.3 Å². The van der Waals surface area contributed by atoms with Gasteiger partial charge in [0.1, 0.15) is 6.61 Å². The van der Waals surface area contributed by atoms with Crippen LogP contribution in [0.1, 0.15) is 20.8 Å². The first-order chi connectivity index (χ1) is 7.65. The second-order valence-electron chi connectivity index (χ2n) is 5.47. The van der Waals surface area contributed by atoms with Gasteiger partial charge in [-0.1, -0.05) is 33.4 Å². The predicted octanol–water partition coefficient (Wildman–Crippen LogP) is 2.10. The maximum absolute atomic E-state index is 11.6. The van der Waals surface area contributed by atoms with Crippen molar-refractivity contribution in [3.63, 3.8) is 0 Å². The Labute approximate surface area is 105 Å². The van der Waals surface area contributed by atoms with Gasteiger partial charge in [0.05, 0.1) is 6.61 Å². The van der Waals surface area contributed by atoms with Gasteiger partial charge >= 0.3 is 5.97 Å². The standard InChI is InChI=1S/C12H24O4Si/c1-7-8-15-11(14)10(9-13)16-17(5,6)12(2,3)4/h7,10,13H,1,8-9H2,2-6H3/t10-/m0/s1. The van der Waals surface area contributed by atoms with Crippen LogP contribution in [0.2, 0.25) is 18.1 Å². The van der Waals surface area contributed by atoms with Crippen molar-refractivity contribution in [2.75, 3.05) is 13.2 Å². The third-order valence-corrected chi connectivity index (χ3v) is 7.50. The molecule has 0 aliphatic carbocycles. The molecule has 0 saturated carbocycles. The number of aliphatic hydroxyl groups is 1. The quantitative estimate of drug-likeness (QED) is 0.451. The average Bonchev–Trinajstić information content (AvgIpc) is 2.20. The fourth-order valence-electron chi connectivity index (χ4n) is 0.926. The van der Waals surface area contributed by atoms with Gasteiger partial charge in [-0.25, -0.2) is 4.79 Å². The van der Waals surface area contributed by atoms with E-state index in [1.165, 1.54) is 6.08 Å². The summed E-state index contributed by atoms with van der Waals surface area (Å²) in [6, 6.07) is 0. The first-order valence-electron chi connectivity index (χ1n) is 5.72. The molecule has 100 valence electrons. The predicted molar refractivity (Wildman–Crippen MR) is 70.3 cm³/mol. The minimum atomic E-state index is -2.08. The van der Waals surface area contributed by atoms with E-state index in [-0.39, 0.29) is 18.3 Å². The molecule has 0 bridgehead atoms. The zero-order valence-corrected chi connectivity index (χ0v) is 12.4. The highest BCUT2D eigenvalue weighted by molar-refractivity contribution is 6.74. The fraction of sp³-hybridized carbons (Fsp3) is 0.750. The van der Waals surface area contributed by atoms with Crippen LogP contribution in [0.5, 0.6) is 0 Å². The highest BCUT2D eigenvalue weighted by atomic mass is 28.4. The van der Waals surface area contributed by atoms with E-state index in [1.807, 2.05) is 13.1 Å². The highest BCUT2D eigenvalue weighted by Crippen LogP contribution is 2.37. The van der Waals surface area contributed by atoms with Crippen molar-refractivity contribution in [1.82, 2.24) is 0 Å². The molecule has 0 radical (unpaired) electrons. The SMILES string of the molecule is C=CCOC(=O)[C@H](CO)O[Si](C)(C)C(C)(C)C. The molecular formula is C12H24O4Si. The van der Waals surface area contributed by atoms with Gasteiger partial charge in [0.2, 0.25) is 0 Å². The van der Waals surface area contributed by atoms with Crippen LogP contribution < -0.4 is 0 Å². The molecule has 1 N–H and O–H groups in total. The van der Waals surface area contributed by atoms with E-state index in [4.69, 9.17) is 9.16 Å². The number of hydrogen-bond donors (Lipinski definition) is 1. The van der Waals surface area contributed by atoms with Crippen LogP contribution >= 0.6 is 0 Å². The van der Waals surface area contributed by atoms with Crippen LogP contribution in [0.25, 0.3) is 0 Å². The van der Waals surface area contributed by atoms with Gasteiger partial charge in [-0.05, 0) is 18.1 Å². The number of esters is 1. The second-order valence-corrected chi connectivity index (χ2v) is 10.2. The Kier molecular flexibility index (Phi) is 6.08. The van der Waals surface area contributed by atoms with Crippen molar-refractivity contribution in [2.45, 2.75) is 45.0 Å². The summed E-state index contributed by atoms with van der Waals surface area (Å²) in [7, 11) is -2.08. The molecule has 0 aliphatic rings. The molecule has 0 fully saturated rings. The fourth-order valence-corrected chi connectivity index (χ4v) is 2.16. The maximum atomic E-state index is 11.6. The zero-order chi connectivity index (χ0) is 13.7. The van der Waals surface area contributed by atoms with Crippen LogP contribution in [0.3, 0.4) is 0 Å². The van der Waals surface area contributed by atoms with Crippen molar-refractivity contribution in [3.8, 4) is 0 Å². The van der Waals surface area contributed by atoms with Gasteiger partial charge in [0, 0.05) is 0 Å². The van der Waals surface area contributed by atoms with Gasteiger partial charge in [0.25, 0.3) is 0 Å². The molecule has 0 spiro atoms. The Morgan fingerprint density at radius 3 is 2.35 bits per heavy atom. The summed E-state index contributed by atoms with van der Waals surface area (Å²) < 4.78 is 10.7. The molecule has 0 amide bonds. The number of ether oxygens (including phenoxy) is 1. The minimum absolute atomic E-state index is 0.0147. The van der Waals surface area contributed by atoms with E-state index in [2.05, 4.69) is 27.4 Å². The molecular weight excluding hydrogens is 236 g/mol. The molecule has 0 saturated heterocycles. The van der Waals surface area contributed by atoms with E-state index in [1.54, 1.807) is 0 Å². The summed E-state index contributed by atoms with van der Waals surface area (Å²) in [6.45, 7) is 13.5. The molecule has 5 heteroatoms. The molecule has 0 aromatic rings. The van der Waals surface area contributed by atoms with Crippen LogP contribution in [-0.2, 0) is 14.0 Å². The van der Waals surface area contributed by atoms with Gasteiger partial charge in [0.15, 0.2) is 14.4 Å². The number of carbonyl (C=O) groups is 1. The molecule has 4 nitrogen and oxygen atoms in total. The average molecular weight is 260 g/mol. The first-order valence-corrected chi connectivity index (χ1v) is 8.62. The summed E-state index contributed by atoms with van der Waals surface area (Å²) >= 11 is 0. The lowest BCUT2D eigenvalue weighted by Gasteiger charge is -2.38. The summed E-state index contributed by atoms with van der Waals surface area (Å²) in [5.74, 6) is -0.530. The molecule has 0 rings (SSSR count). The third-order valence-electron chi connectivity index (χ3n) is 3.02. The zero-order valence-electron chi connectivity index (χ0n) is 11.4. The summed E-state index contributed by atoms with van der Waals surface area (Å²) in [4.78, 5) is 11.6. The smallest absolute Gasteiger partial charge is 0.336 e. The van der Waals surface area contributed by atoms with Crippen LogP contribution in [0, 0.1) is 0 Å². The van der Waals surface area contributed by atoms with E-state index < -0.39 is 20.4 Å². The number of aliphatic hydroxyl groups excluding tert-OH is 1. The minimum Gasteiger partial charge on any atom is -0.460 e. The van der Waals surface area contributed by atoms with Gasteiger partial charge in [-0.15, -0.1) is 0 Å². The molecule has 17 heavy (non-hydrogen) atoms. The van der Waals surface area contributed by atoms with Crippen molar-refractivity contribution in [3.05, 3.63) is 12.7 Å². The lowest BCUT2D eigenvalue weighted by Crippen LogP contribution is -2.47. The van der Waals surface area contributed by atoms with Crippen molar-refractivity contribution in [1.29, 1.82) is 0 Å². The molecule has 0 aromatic carbocycles. The van der Waals surface area contributed by atoms with Gasteiger partial charge in [-0.3, -0.25) is 0 Å². The van der Waals surface area contributed by atoms with E-state index >= 15 is 0 Å². The largest absolute Gasteiger partial charge is 0.460 e. The Morgan fingerprint density at radius 1 is 1.47 bits per heavy atom. The molecule has 0 aromatic heterocycles. The Morgan fingerprint density at radius 2 is 2.00 bits per heavy atom. The second kappa shape index (κ2) is 6.33. The Hall–Kier alpha value is -0.653. The molecule has 0 aliphatic heterocycles. The highest BCUT2D eigenvalue weighted by Gasteiger charge is 2.40. The number of carbonyl (C=O) groups excluding carboxylic acids is 1. The molecule has 1 atom stereocenters. The number of rotatable bonds is 6. The third kappa shape index (κ3) is 5.02. The van der Waals surface area contributed by atoms with Crippen LogP contribution in [0.15, 0.2) is 12.7 Å². The normalized spacial score (nSPS) is 14.2. The van der Waals surface area contributed by atoms with Crippen LogP contribution in [0.4, 0.5) is 0 Å². The summed E-state index contributed by atoms with van der Waals surface area (Å²) in [6.07, 6.45) is 0.592. The molecule has 0 heterocycles. The molecule has 0 unspecified atom stereocenters. The van der Waals surface area contributed by atoms with Crippen molar-refractivity contribution < 1.29 is 19.1 Å². The Balaban J connectivity index is 4.60. The van der Waals surface area contributed by atoms with Crippen molar-refractivity contribution in [2.24, 2.45) is 0 Å². The summed E-state index contributed by atoms with van der Waals surface area (Å²) in [5.41, 5.74) is 0. The van der Waals surface area contributed by atoms with Gasteiger partial charge in [-0.2, -0.15) is 0 Å². The van der Waals surface area contributed by atoms with E-state index in [0.717, 1.165) is 0 Å². The summed E-state index contributed by atoms with van der Waals surface area (Å²) in [5, 5.41) is 9.18. The lowest BCUT2D eigenvalue weighted by atomic mass is 10.2. The van der Waals surface area contributed by atoms with E-state index in [9.17, 15) is 9.90 Å². The topological polar surface area (TPSA) is 55.8 Å². The Bertz CT molecular complexity index is 268. The van der Waals surface area contributed by atoms with Crippen LogP contribution in [-0.4, -0.2) is 38.7 Å².